The van der Waals surface area contributed by atoms with Crippen LogP contribution in [0, 0.1) is 0 Å². The van der Waals surface area contributed by atoms with Gasteiger partial charge in [-0.1, -0.05) is 13.0 Å². The Morgan fingerprint density at radius 1 is 1.75 bits per heavy atom. The molecule has 0 N–H and O–H groups in total. The first-order chi connectivity index (χ1) is 5.90. The summed E-state index contributed by atoms with van der Waals surface area (Å²) in [6.07, 6.45) is 1.06. The standard InChI is InChI=1S/C9H11NOS/c1-2-7-6-11-9(10-7)8-4-3-5-12-8/h3-5,7H,2,6H2,1H3. The summed E-state index contributed by atoms with van der Waals surface area (Å²) in [6, 6.07) is 4.44. The smallest absolute Gasteiger partial charge is 0.226 e. The first kappa shape index (κ1) is 7.80. The molecule has 0 aromatic carbocycles. The van der Waals surface area contributed by atoms with Crippen LogP contribution >= 0.6 is 11.3 Å². The van der Waals surface area contributed by atoms with E-state index in [2.05, 4.69) is 11.9 Å². The van der Waals surface area contributed by atoms with Gasteiger partial charge in [-0.2, -0.15) is 0 Å². The van der Waals surface area contributed by atoms with Crippen LogP contribution in [0.1, 0.15) is 18.2 Å². The molecular weight excluding hydrogens is 170 g/mol. The molecule has 0 spiro atoms. The van der Waals surface area contributed by atoms with E-state index in [0.717, 1.165) is 23.8 Å². The third kappa shape index (κ3) is 1.37. The molecule has 0 saturated heterocycles. The van der Waals surface area contributed by atoms with Crippen molar-refractivity contribution in [2.75, 3.05) is 6.61 Å². The Kier molecular flexibility index (Phi) is 2.13. The SMILES string of the molecule is CCC1COC(c2cccs2)=N1. The molecule has 12 heavy (non-hydrogen) atoms. The van der Waals surface area contributed by atoms with Crippen molar-refractivity contribution in [2.24, 2.45) is 4.99 Å². The van der Waals surface area contributed by atoms with Crippen LogP contribution < -0.4 is 0 Å². The average molecular weight is 181 g/mol. The van der Waals surface area contributed by atoms with Gasteiger partial charge in [0.2, 0.25) is 5.90 Å². The molecule has 2 nitrogen and oxygen atoms in total. The molecule has 1 unspecified atom stereocenters. The van der Waals surface area contributed by atoms with Gasteiger partial charge in [0, 0.05) is 0 Å². The van der Waals surface area contributed by atoms with E-state index in [-0.39, 0.29) is 0 Å². The number of thiophene rings is 1. The highest BCUT2D eigenvalue weighted by Gasteiger charge is 2.18. The predicted molar refractivity (Wildman–Crippen MR) is 50.9 cm³/mol. The van der Waals surface area contributed by atoms with E-state index < -0.39 is 0 Å². The average Bonchev–Trinajstić information content (AvgIpc) is 2.75. The van der Waals surface area contributed by atoms with Crippen molar-refractivity contribution in [1.82, 2.24) is 0 Å². The molecule has 64 valence electrons. The van der Waals surface area contributed by atoms with Crippen molar-refractivity contribution in [3.63, 3.8) is 0 Å². The van der Waals surface area contributed by atoms with Crippen molar-refractivity contribution in [2.45, 2.75) is 19.4 Å². The Hall–Kier alpha value is -0.830. The molecule has 0 amide bonds. The van der Waals surface area contributed by atoms with Crippen molar-refractivity contribution in [1.29, 1.82) is 0 Å². The highest BCUT2D eigenvalue weighted by Crippen LogP contribution is 2.17. The number of hydrogen-bond donors (Lipinski definition) is 0. The quantitative estimate of drug-likeness (QED) is 0.686. The molecule has 0 bridgehead atoms. The van der Waals surface area contributed by atoms with E-state index in [0.29, 0.717) is 6.04 Å². The Bertz CT molecular complexity index is 279. The second-order valence-corrected chi connectivity index (χ2v) is 3.73. The van der Waals surface area contributed by atoms with E-state index in [1.165, 1.54) is 0 Å². The summed E-state index contributed by atoms with van der Waals surface area (Å²) in [5, 5.41) is 2.04. The van der Waals surface area contributed by atoms with Gasteiger partial charge in [-0.15, -0.1) is 11.3 Å². The summed E-state index contributed by atoms with van der Waals surface area (Å²) in [6.45, 7) is 2.89. The van der Waals surface area contributed by atoms with Gasteiger partial charge in [-0.25, -0.2) is 4.99 Å². The second kappa shape index (κ2) is 3.27. The minimum atomic E-state index is 0.377. The predicted octanol–water partition coefficient (Wildman–Crippen LogP) is 2.30. The van der Waals surface area contributed by atoms with Gasteiger partial charge < -0.3 is 4.74 Å². The first-order valence-corrected chi connectivity index (χ1v) is 5.02. The minimum Gasteiger partial charge on any atom is -0.475 e. The van der Waals surface area contributed by atoms with Crippen molar-refractivity contribution in [3.8, 4) is 0 Å². The normalized spacial score (nSPS) is 22.1. The van der Waals surface area contributed by atoms with Gasteiger partial charge in [-0.05, 0) is 17.9 Å². The van der Waals surface area contributed by atoms with Crippen LogP contribution in [-0.2, 0) is 4.74 Å². The zero-order valence-electron chi connectivity index (χ0n) is 6.99. The van der Waals surface area contributed by atoms with Crippen molar-refractivity contribution >= 4 is 17.2 Å². The zero-order valence-corrected chi connectivity index (χ0v) is 7.80. The van der Waals surface area contributed by atoms with Crippen LogP contribution in [-0.4, -0.2) is 18.5 Å². The van der Waals surface area contributed by atoms with E-state index >= 15 is 0 Å². The molecule has 0 radical (unpaired) electrons. The fourth-order valence-electron chi connectivity index (χ4n) is 1.16. The fraction of sp³-hybridized carbons (Fsp3) is 0.444. The Morgan fingerprint density at radius 3 is 3.25 bits per heavy atom. The van der Waals surface area contributed by atoms with Crippen LogP contribution in [0.15, 0.2) is 22.5 Å². The Morgan fingerprint density at radius 2 is 2.67 bits per heavy atom. The maximum absolute atomic E-state index is 5.46. The highest BCUT2D eigenvalue weighted by atomic mass is 32.1. The number of hydrogen-bond acceptors (Lipinski definition) is 3. The van der Waals surface area contributed by atoms with Crippen LogP contribution in [0.5, 0.6) is 0 Å². The molecule has 1 aromatic heterocycles. The topological polar surface area (TPSA) is 21.6 Å². The molecule has 2 rings (SSSR count). The molecule has 0 aliphatic carbocycles. The van der Waals surface area contributed by atoms with Crippen molar-refractivity contribution < 1.29 is 4.74 Å². The van der Waals surface area contributed by atoms with Gasteiger partial charge in [0.1, 0.15) is 6.61 Å². The fourth-order valence-corrected chi connectivity index (χ4v) is 1.83. The molecular formula is C9H11NOS. The molecule has 1 atom stereocenters. The second-order valence-electron chi connectivity index (χ2n) is 2.78. The van der Waals surface area contributed by atoms with E-state index in [1.54, 1.807) is 11.3 Å². The van der Waals surface area contributed by atoms with E-state index in [9.17, 15) is 0 Å². The highest BCUT2D eigenvalue weighted by molar-refractivity contribution is 7.12. The molecule has 3 heteroatoms. The van der Waals surface area contributed by atoms with Gasteiger partial charge in [-0.3, -0.25) is 0 Å². The van der Waals surface area contributed by atoms with Gasteiger partial charge in [0.15, 0.2) is 0 Å². The van der Waals surface area contributed by atoms with Crippen molar-refractivity contribution in [3.05, 3.63) is 22.4 Å². The van der Waals surface area contributed by atoms with E-state index in [1.807, 2.05) is 17.5 Å². The first-order valence-electron chi connectivity index (χ1n) is 4.14. The molecule has 0 fully saturated rings. The summed E-state index contributed by atoms with van der Waals surface area (Å²) in [5.74, 6) is 0.830. The molecule has 2 heterocycles. The summed E-state index contributed by atoms with van der Waals surface area (Å²) >= 11 is 1.68. The minimum absolute atomic E-state index is 0.377. The summed E-state index contributed by atoms with van der Waals surface area (Å²) in [5.41, 5.74) is 0. The lowest BCUT2D eigenvalue weighted by Gasteiger charge is -1.96. The molecule has 1 aromatic rings. The maximum atomic E-state index is 5.46. The summed E-state index contributed by atoms with van der Waals surface area (Å²) in [4.78, 5) is 5.60. The Labute approximate surface area is 75.9 Å². The maximum Gasteiger partial charge on any atom is 0.226 e. The van der Waals surface area contributed by atoms with E-state index in [4.69, 9.17) is 4.74 Å². The van der Waals surface area contributed by atoms with Gasteiger partial charge >= 0.3 is 0 Å². The van der Waals surface area contributed by atoms with Crippen LogP contribution in [0.25, 0.3) is 0 Å². The molecule has 1 aliphatic rings. The number of aliphatic imine (C=N–C) groups is 1. The van der Waals surface area contributed by atoms with Gasteiger partial charge in [0.05, 0.1) is 10.9 Å². The zero-order chi connectivity index (χ0) is 8.39. The third-order valence-corrected chi connectivity index (χ3v) is 2.77. The van der Waals surface area contributed by atoms with Crippen LogP contribution in [0.2, 0.25) is 0 Å². The van der Waals surface area contributed by atoms with Crippen LogP contribution in [0.4, 0.5) is 0 Å². The third-order valence-electron chi connectivity index (χ3n) is 1.92. The molecule has 1 aliphatic heterocycles. The lowest BCUT2D eigenvalue weighted by molar-refractivity contribution is 0.315. The van der Waals surface area contributed by atoms with Gasteiger partial charge in [0.25, 0.3) is 0 Å². The Balaban J connectivity index is 2.16. The van der Waals surface area contributed by atoms with Crippen LogP contribution in [0.3, 0.4) is 0 Å². The lowest BCUT2D eigenvalue weighted by Crippen LogP contribution is -2.03. The number of ether oxygens (including phenoxy) is 1. The summed E-state index contributed by atoms with van der Waals surface area (Å²) < 4.78 is 5.46. The molecule has 0 saturated carbocycles. The lowest BCUT2D eigenvalue weighted by atomic mass is 10.3. The monoisotopic (exact) mass is 181 g/mol. The largest absolute Gasteiger partial charge is 0.475 e. The number of nitrogens with zero attached hydrogens (tertiary/aromatic N) is 1. The number of rotatable bonds is 2. The summed E-state index contributed by atoms with van der Waals surface area (Å²) in [7, 11) is 0.